The summed E-state index contributed by atoms with van der Waals surface area (Å²) in [5.74, 6) is -0.787. The Morgan fingerprint density at radius 2 is 2.19 bits per heavy atom. The zero-order chi connectivity index (χ0) is 15.1. The van der Waals surface area contributed by atoms with Gasteiger partial charge >= 0.3 is 5.97 Å². The van der Waals surface area contributed by atoms with E-state index >= 15 is 0 Å². The second-order valence-electron chi connectivity index (χ2n) is 5.34. The van der Waals surface area contributed by atoms with Crippen LogP contribution in [0.15, 0.2) is 0 Å². The number of hydrogen-bond acceptors (Lipinski definition) is 5. The quantitative estimate of drug-likeness (QED) is 0.702. The van der Waals surface area contributed by atoms with Gasteiger partial charge in [0.2, 0.25) is 0 Å². The van der Waals surface area contributed by atoms with Gasteiger partial charge in [0.15, 0.2) is 5.69 Å². The van der Waals surface area contributed by atoms with Crippen LogP contribution in [-0.2, 0) is 11.3 Å². The van der Waals surface area contributed by atoms with Crippen LogP contribution >= 0.6 is 0 Å². The fourth-order valence-electron chi connectivity index (χ4n) is 2.64. The molecule has 1 aromatic heterocycles. The summed E-state index contributed by atoms with van der Waals surface area (Å²) < 4.78 is 7.26. The maximum absolute atomic E-state index is 11.3. The predicted octanol–water partition coefficient (Wildman–Crippen LogP) is 1.26. The SMILES string of the molecule is CCCCOCCn1nnc(C(=O)O)c1C1CCNCC1. The molecule has 0 bridgehead atoms. The van der Waals surface area contributed by atoms with Crippen molar-refractivity contribution in [2.75, 3.05) is 26.3 Å². The first-order chi connectivity index (χ1) is 10.2. The number of piperidine rings is 1. The first kappa shape index (κ1) is 15.9. The molecule has 0 aliphatic carbocycles. The lowest BCUT2D eigenvalue weighted by atomic mass is 9.93. The zero-order valence-corrected chi connectivity index (χ0v) is 12.5. The van der Waals surface area contributed by atoms with Crippen LogP contribution < -0.4 is 5.32 Å². The van der Waals surface area contributed by atoms with Crippen LogP contribution in [0, 0.1) is 0 Å². The molecule has 21 heavy (non-hydrogen) atoms. The number of carboxylic acids is 1. The molecule has 2 heterocycles. The highest BCUT2D eigenvalue weighted by Gasteiger charge is 2.27. The number of carbonyl (C=O) groups is 1. The van der Waals surface area contributed by atoms with Crippen molar-refractivity contribution < 1.29 is 14.6 Å². The number of ether oxygens (including phenoxy) is 1. The maximum atomic E-state index is 11.3. The Kier molecular flexibility index (Phi) is 6.13. The molecule has 0 unspecified atom stereocenters. The molecule has 0 aromatic carbocycles. The summed E-state index contributed by atoms with van der Waals surface area (Å²) in [6.45, 7) is 5.77. The minimum Gasteiger partial charge on any atom is -0.476 e. The summed E-state index contributed by atoms with van der Waals surface area (Å²) in [6, 6.07) is 0. The molecule has 7 nitrogen and oxygen atoms in total. The molecule has 0 saturated carbocycles. The van der Waals surface area contributed by atoms with Crippen LogP contribution in [0.5, 0.6) is 0 Å². The highest BCUT2D eigenvalue weighted by Crippen LogP contribution is 2.27. The molecule has 1 aliphatic heterocycles. The van der Waals surface area contributed by atoms with Crippen molar-refractivity contribution in [3.8, 4) is 0 Å². The number of aromatic carboxylic acids is 1. The molecule has 118 valence electrons. The van der Waals surface area contributed by atoms with Gasteiger partial charge in [0.25, 0.3) is 0 Å². The third-order valence-corrected chi connectivity index (χ3v) is 3.79. The van der Waals surface area contributed by atoms with E-state index in [0.717, 1.165) is 51.1 Å². The Balaban J connectivity index is 2.03. The number of unbranched alkanes of at least 4 members (excludes halogenated alkanes) is 1. The fraction of sp³-hybridized carbons (Fsp3) is 0.786. The lowest BCUT2D eigenvalue weighted by Crippen LogP contribution is -2.29. The largest absolute Gasteiger partial charge is 0.476 e. The van der Waals surface area contributed by atoms with Gasteiger partial charge in [-0.05, 0) is 32.4 Å². The van der Waals surface area contributed by atoms with Crippen LogP contribution in [0.3, 0.4) is 0 Å². The zero-order valence-electron chi connectivity index (χ0n) is 12.5. The maximum Gasteiger partial charge on any atom is 0.358 e. The van der Waals surface area contributed by atoms with Gasteiger partial charge in [-0.1, -0.05) is 18.6 Å². The first-order valence-corrected chi connectivity index (χ1v) is 7.69. The minimum absolute atomic E-state index is 0.0930. The van der Waals surface area contributed by atoms with Crippen molar-refractivity contribution in [2.45, 2.75) is 45.1 Å². The Morgan fingerprint density at radius 3 is 2.86 bits per heavy atom. The smallest absolute Gasteiger partial charge is 0.358 e. The fourth-order valence-corrected chi connectivity index (χ4v) is 2.64. The molecule has 7 heteroatoms. The third-order valence-electron chi connectivity index (χ3n) is 3.79. The van der Waals surface area contributed by atoms with Crippen LogP contribution in [0.4, 0.5) is 0 Å². The van der Waals surface area contributed by atoms with Crippen LogP contribution in [0.2, 0.25) is 0 Å². The monoisotopic (exact) mass is 296 g/mol. The molecule has 2 rings (SSSR count). The molecule has 1 saturated heterocycles. The third kappa shape index (κ3) is 4.25. The van der Waals surface area contributed by atoms with E-state index in [0.29, 0.717) is 13.2 Å². The van der Waals surface area contributed by atoms with E-state index in [4.69, 9.17) is 4.74 Å². The predicted molar refractivity (Wildman–Crippen MR) is 77.6 cm³/mol. The Morgan fingerprint density at radius 1 is 1.43 bits per heavy atom. The number of hydrogen-bond donors (Lipinski definition) is 2. The number of aromatic nitrogens is 3. The van der Waals surface area contributed by atoms with Gasteiger partial charge in [0.1, 0.15) is 0 Å². The topological polar surface area (TPSA) is 89.3 Å². The van der Waals surface area contributed by atoms with E-state index in [2.05, 4.69) is 22.6 Å². The van der Waals surface area contributed by atoms with E-state index in [1.165, 1.54) is 0 Å². The van der Waals surface area contributed by atoms with Crippen LogP contribution in [0.25, 0.3) is 0 Å². The average Bonchev–Trinajstić information content (AvgIpc) is 2.92. The van der Waals surface area contributed by atoms with Crippen molar-refractivity contribution in [2.24, 2.45) is 0 Å². The summed E-state index contributed by atoms with van der Waals surface area (Å²) in [5.41, 5.74) is 0.846. The summed E-state index contributed by atoms with van der Waals surface area (Å²) in [4.78, 5) is 11.3. The van der Waals surface area contributed by atoms with E-state index < -0.39 is 5.97 Å². The van der Waals surface area contributed by atoms with Crippen LogP contribution in [0.1, 0.15) is 54.7 Å². The van der Waals surface area contributed by atoms with Gasteiger partial charge in [-0.2, -0.15) is 0 Å². The van der Waals surface area contributed by atoms with Crippen LogP contribution in [-0.4, -0.2) is 52.4 Å². The Hall–Kier alpha value is -1.47. The molecule has 1 aromatic rings. The average molecular weight is 296 g/mol. The van der Waals surface area contributed by atoms with Gasteiger partial charge in [0, 0.05) is 12.5 Å². The number of rotatable bonds is 8. The van der Waals surface area contributed by atoms with Gasteiger partial charge in [-0.25, -0.2) is 9.48 Å². The Labute approximate surface area is 124 Å². The molecular weight excluding hydrogens is 272 g/mol. The summed E-state index contributed by atoms with van der Waals surface area (Å²) >= 11 is 0. The van der Waals surface area contributed by atoms with E-state index in [-0.39, 0.29) is 11.6 Å². The summed E-state index contributed by atoms with van der Waals surface area (Å²) in [7, 11) is 0. The molecule has 0 spiro atoms. The molecular formula is C14H24N4O3. The molecule has 0 radical (unpaired) electrons. The van der Waals surface area contributed by atoms with Crippen molar-refractivity contribution in [3.05, 3.63) is 11.4 Å². The highest BCUT2D eigenvalue weighted by atomic mass is 16.5. The highest BCUT2D eigenvalue weighted by molar-refractivity contribution is 5.86. The van der Waals surface area contributed by atoms with E-state index in [1.54, 1.807) is 4.68 Å². The van der Waals surface area contributed by atoms with Crippen molar-refractivity contribution in [3.63, 3.8) is 0 Å². The number of nitrogens with zero attached hydrogens (tertiary/aromatic N) is 3. The molecule has 0 amide bonds. The van der Waals surface area contributed by atoms with E-state index in [9.17, 15) is 9.90 Å². The van der Waals surface area contributed by atoms with Gasteiger partial charge in [0.05, 0.1) is 18.8 Å². The van der Waals surface area contributed by atoms with Crippen molar-refractivity contribution in [1.82, 2.24) is 20.3 Å². The van der Waals surface area contributed by atoms with Crippen molar-refractivity contribution in [1.29, 1.82) is 0 Å². The first-order valence-electron chi connectivity index (χ1n) is 7.69. The number of nitrogens with one attached hydrogen (secondary N) is 1. The molecule has 0 atom stereocenters. The van der Waals surface area contributed by atoms with Gasteiger partial charge in [-0.3, -0.25) is 0 Å². The standard InChI is InChI=1S/C14H24N4O3/c1-2-3-9-21-10-8-18-13(11-4-6-15-7-5-11)12(14(19)20)16-17-18/h11,15H,2-10H2,1H3,(H,19,20). The van der Waals surface area contributed by atoms with Gasteiger partial charge in [-0.15, -0.1) is 5.10 Å². The summed E-state index contributed by atoms with van der Waals surface area (Å²) in [5, 5.41) is 20.4. The summed E-state index contributed by atoms with van der Waals surface area (Å²) in [6.07, 6.45) is 3.99. The number of carboxylic acid groups (broad SMARTS) is 1. The Bertz CT molecular complexity index is 455. The normalized spacial score (nSPS) is 16.2. The van der Waals surface area contributed by atoms with Crippen molar-refractivity contribution >= 4 is 5.97 Å². The lowest BCUT2D eigenvalue weighted by Gasteiger charge is -2.23. The minimum atomic E-state index is -0.998. The molecule has 1 fully saturated rings. The van der Waals surface area contributed by atoms with E-state index in [1.807, 2.05) is 0 Å². The lowest BCUT2D eigenvalue weighted by molar-refractivity contribution is 0.0687. The molecule has 2 N–H and O–H groups in total. The molecule has 1 aliphatic rings. The van der Waals surface area contributed by atoms with Gasteiger partial charge < -0.3 is 15.2 Å². The second kappa shape index (κ2) is 8.09. The second-order valence-corrected chi connectivity index (χ2v) is 5.34.